The van der Waals surface area contributed by atoms with Crippen LogP contribution in [-0.2, 0) is 17.1 Å². The van der Waals surface area contributed by atoms with Gasteiger partial charge >= 0.3 is 5.97 Å². The van der Waals surface area contributed by atoms with Crippen molar-refractivity contribution in [1.29, 1.82) is 0 Å². The van der Waals surface area contributed by atoms with E-state index in [1.54, 1.807) is 0 Å². The van der Waals surface area contributed by atoms with E-state index < -0.39 is 30.2 Å². The highest BCUT2D eigenvalue weighted by molar-refractivity contribution is 6.17. The zero-order valence-electron chi connectivity index (χ0n) is 7.88. The minimum Gasteiger partial charge on any atom is -0.481 e. The van der Waals surface area contributed by atoms with Crippen LogP contribution in [0.4, 0.5) is 13.2 Å². The maximum absolute atomic E-state index is 13.5. The Balaban J connectivity index is 3.28. The van der Waals surface area contributed by atoms with Gasteiger partial charge in [0.2, 0.25) is 0 Å². The topological polar surface area (TPSA) is 50.2 Å². The van der Waals surface area contributed by atoms with Gasteiger partial charge in [0.25, 0.3) is 6.43 Å². The first-order valence-electron chi connectivity index (χ1n) is 4.19. The van der Waals surface area contributed by atoms with Crippen LogP contribution in [0.3, 0.4) is 0 Å². The van der Waals surface area contributed by atoms with Crippen molar-refractivity contribution < 1.29 is 23.1 Å². The minimum absolute atomic E-state index is 0.0361. The molecule has 7 heteroatoms. The van der Waals surface area contributed by atoms with Crippen LogP contribution in [0.15, 0.2) is 6.20 Å². The smallest absolute Gasteiger partial charge is 0.307 e. The van der Waals surface area contributed by atoms with Gasteiger partial charge in [-0.3, -0.25) is 9.78 Å². The highest BCUT2D eigenvalue weighted by atomic mass is 35.5. The second-order valence-electron chi connectivity index (χ2n) is 2.96. The third-order valence-corrected chi connectivity index (χ3v) is 2.17. The van der Waals surface area contributed by atoms with E-state index in [0.717, 1.165) is 0 Å². The van der Waals surface area contributed by atoms with Gasteiger partial charge in [-0.2, -0.15) is 0 Å². The summed E-state index contributed by atoms with van der Waals surface area (Å²) in [6, 6.07) is 0. The number of pyridine rings is 1. The first-order chi connectivity index (χ1) is 7.47. The number of alkyl halides is 3. The molecule has 16 heavy (non-hydrogen) atoms. The molecule has 1 heterocycles. The molecule has 0 unspecified atom stereocenters. The van der Waals surface area contributed by atoms with E-state index in [4.69, 9.17) is 16.7 Å². The molecule has 0 aromatic carbocycles. The lowest BCUT2D eigenvalue weighted by Gasteiger charge is -2.09. The molecule has 0 radical (unpaired) electrons. The van der Waals surface area contributed by atoms with Gasteiger partial charge < -0.3 is 5.11 Å². The third kappa shape index (κ3) is 2.63. The van der Waals surface area contributed by atoms with E-state index >= 15 is 0 Å². The second-order valence-corrected chi connectivity index (χ2v) is 3.22. The van der Waals surface area contributed by atoms with Crippen LogP contribution < -0.4 is 0 Å². The van der Waals surface area contributed by atoms with E-state index in [1.165, 1.54) is 0 Å². The summed E-state index contributed by atoms with van der Waals surface area (Å²) in [5, 5.41) is 8.52. The Morgan fingerprint density at radius 3 is 2.62 bits per heavy atom. The van der Waals surface area contributed by atoms with Crippen molar-refractivity contribution in [3.8, 4) is 0 Å². The molecular formula is C9H7ClF3NO2. The van der Waals surface area contributed by atoms with Crippen molar-refractivity contribution in [1.82, 2.24) is 4.98 Å². The molecule has 0 aliphatic rings. The molecule has 0 aliphatic heterocycles. The quantitative estimate of drug-likeness (QED) is 0.839. The van der Waals surface area contributed by atoms with Crippen LogP contribution in [-0.4, -0.2) is 16.1 Å². The Hall–Kier alpha value is -1.30. The van der Waals surface area contributed by atoms with Crippen molar-refractivity contribution in [3.05, 3.63) is 28.8 Å². The molecule has 0 aliphatic carbocycles. The summed E-state index contributed by atoms with van der Waals surface area (Å²) in [5.74, 6) is -2.81. The SMILES string of the molecule is O=C(O)Cc1c(CCl)ncc(C(F)F)c1F. The fourth-order valence-corrected chi connectivity index (χ4v) is 1.41. The van der Waals surface area contributed by atoms with E-state index in [1.807, 2.05) is 0 Å². The number of carboxylic acids is 1. The van der Waals surface area contributed by atoms with Crippen LogP contribution in [0.25, 0.3) is 0 Å². The summed E-state index contributed by atoms with van der Waals surface area (Å²) in [7, 11) is 0. The lowest BCUT2D eigenvalue weighted by Crippen LogP contribution is -2.10. The number of carboxylic acid groups (broad SMARTS) is 1. The molecule has 1 rings (SSSR count). The van der Waals surface area contributed by atoms with Crippen molar-refractivity contribution >= 4 is 17.6 Å². The zero-order valence-corrected chi connectivity index (χ0v) is 8.64. The molecule has 88 valence electrons. The molecule has 0 saturated carbocycles. The number of rotatable bonds is 4. The molecule has 0 amide bonds. The van der Waals surface area contributed by atoms with Crippen molar-refractivity contribution in [2.75, 3.05) is 0 Å². The standard InChI is InChI=1S/C9H7ClF3NO2/c10-2-6-4(1-7(15)16)8(11)5(3-14-6)9(12)13/h3,9H,1-2H2,(H,15,16). The predicted molar refractivity (Wildman–Crippen MR) is 50.0 cm³/mol. The first-order valence-corrected chi connectivity index (χ1v) is 4.72. The molecule has 0 saturated heterocycles. The Morgan fingerprint density at radius 1 is 1.56 bits per heavy atom. The maximum Gasteiger partial charge on any atom is 0.307 e. The Labute approximate surface area is 93.9 Å². The molecule has 0 atom stereocenters. The van der Waals surface area contributed by atoms with Gasteiger partial charge in [0, 0.05) is 11.8 Å². The van der Waals surface area contributed by atoms with E-state index in [2.05, 4.69) is 4.98 Å². The average molecular weight is 254 g/mol. The molecule has 3 nitrogen and oxygen atoms in total. The number of hydrogen-bond acceptors (Lipinski definition) is 2. The number of carbonyl (C=O) groups is 1. The van der Waals surface area contributed by atoms with E-state index in [0.29, 0.717) is 6.20 Å². The predicted octanol–water partition coefficient (Wildman–Crippen LogP) is 2.52. The summed E-state index contributed by atoms with van der Waals surface area (Å²) in [5.41, 5.74) is -1.34. The van der Waals surface area contributed by atoms with Crippen molar-refractivity contribution in [3.63, 3.8) is 0 Å². The van der Waals surface area contributed by atoms with Crippen molar-refractivity contribution in [2.45, 2.75) is 18.7 Å². The summed E-state index contributed by atoms with van der Waals surface area (Å²) in [6.07, 6.45) is -3.09. The number of aliphatic carboxylic acids is 1. The van der Waals surface area contributed by atoms with Gasteiger partial charge in [-0.05, 0) is 0 Å². The van der Waals surface area contributed by atoms with Gasteiger partial charge in [-0.15, -0.1) is 11.6 Å². The minimum atomic E-state index is -3.04. The molecule has 1 N–H and O–H groups in total. The highest BCUT2D eigenvalue weighted by Crippen LogP contribution is 2.25. The van der Waals surface area contributed by atoms with Gasteiger partial charge in [0.05, 0.1) is 23.6 Å². The van der Waals surface area contributed by atoms with Gasteiger partial charge in [-0.25, -0.2) is 13.2 Å². The fourth-order valence-electron chi connectivity index (χ4n) is 1.18. The molecule has 0 bridgehead atoms. The van der Waals surface area contributed by atoms with Crippen molar-refractivity contribution in [2.24, 2.45) is 0 Å². The maximum atomic E-state index is 13.5. The average Bonchev–Trinajstić information content (AvgIpc) is 2.19. The summed E-state index contributed by atoms with van der Waals surface area (Å²) >= 11 is 5.41. The first kappa shape index (κ1) is 12.8. The molecular weight excluding hydrogens is 247 g/mol. The normalized spacial score (nSPS) is 10.8. The molecule has 1 aromatic rings. The zero-order chi connectivity index (χ0) is 12.3. The second kappa shape index (κ2) is 5.16. The van der Waals surface area contributed by atoms with E-state index in [-0.39, 0.29) is 17.1 Å². The van der Waals surface area contributed by atoms with E-state index in [9.17, 15) is 18.0 Å². The molecule has 0 fully saturated rings. The lowest BCUT2D eigenvalue weighted by atomic mass is 10.1. The highest BCUT2D eigenvalue weighted by Gasteiger charge is 2.21. The van der Waals surface area contributed by atoms with Crippen LogP contribution in [0.5, 0.6) is 0 Å². The number of hydrogen-bond donors (Lipinski definition) is 1. The number of aromatic nitrogens is 1. The summed E-state index contributed by atoms with van der Waals surface area (Å²) < 4.78 is 38.1. The molecule has 1 aromatic heterocycles. The Bertz CT molecular complexity index is 412. The monoisotopic (exact) mass is 253 g/mol. The fraction of sp³-hybridized carbons (Fsp3) is 0.333. The van der Waals surface area contributed by atoms with Crippen LogP contribution >= 0.6 is 11.6 Å². The van der Waals surface area contributed by atoms with Crippen LogP contribution in [0.1, 0.15) is 23.2 Å². The third-order valence-electron chi connectivity index (χ3n) is 1.92. The summed E-state index contributed by atoms with van der Waals surface area (Å²) in [6.45, 7) is 0. The molecule has 0 spiro atoms. The van der Waals surface area contributed by atoms with Gasteiger partial charge in [-0.1, -0.05) is 0 Å². The Morgan fingerprint density at radius 2 is 2.19 bits per heavy atom. The number of nitrogens with zero attached hydrogens (tertiary/aromatic N) is 1. The summed E-state index contributed by atoms with van der Waals surface area (Å²) in [4.78, 5) is 14.0. The lowest BCUT2D eigenvalue weighted by molar-refractivity contribution is -0.136. The van der Waals surface area contributed by atoms with Crippen LogP contribution in [0, 0.1) is 5.82 Å². The largest absolute Gasteiger partial charge is 0.481 e. The number of halogens is 4. The van der Waals surface area contributed by atoms with Crippen LogP contribution in [0.2, 0.25) is 0 Å². The Kier molecular flexibility index (Phi) is 4.12. The van der Waals surface area contributed by atoms with Gasteiger partial charge in [0.1, 0.15) is 5.82 Å². The van der Waals surface area contributed by atoms with Gasteiger partial charge in [0.15, 0.2) is 0 Å².